The lowest BCUT2D eigenvalue weighted by Crippen LogP contribution is -2.35. The van der Waals surface area contributed by atoms with Gasteiger partial charge in [0.25, 0.3) is 0 Å². The van der Waals surface area contributed by atoms with Crippen molar-refractivity contribution < 1.29 is 31.5 Å². The SMILES string of the molecule is COc1ccc(C=CC(=O)[O-])cc1S(=O)(=O)NC1CCS(=O)(=O)C1. The van der Waals surface area contributed by atoms with Crippen molar-refractivity contribution in [2.45, 2.75) is 17.4 Å². The summed E-state index contributed by atoms with van der Waals surface area (Å²) in [5.41, 5.74) is 0.319. The van der Waals surface area contributed by atoms with Crippen LogP contribution in [0.2, 0.25) is 0 Å². The van der Waals surface area contributed by atoms with Crippen molar-refractivity contribution >= 4 is 31.9 Å². The molecule has 0 aromatic heterocycles. The largest absolute Gasteiger partial charge is 0.545 e. The van der Waals surface area contributed by atoms with Gasteiger partial charge < -0.3 is 14.6 Å². The van der Waals surface area contributed by atoms with Crippen molar-refractivity contribution in [2.24, 2.45) is 0 Å². The number of sulfonamides is 1. The molecule has 0 saturated carbocycles. The molecule has 1 aliphatic heterocycles. The van der Waals surface area contributed by atoms with Crippen LogP contribution in [0, 0.1) is 0 Å². The fourth-order valence-electron chi connectivity index (χ4n) is 2.34. The normalized spacial score (nSPS) is 20.3. The van der Waals surface area contributed by atoms with E-state index in [2.05, 4.69) is 4.72 Å². The number of carbonyl (C=O) groups excluding carboxylic acids is 1. The summed E-state index contributed by atoms with van der Waals surface area (Å²) in [4.78, 5) is 10.3. The third-order valence-electron chi connectivity index (χ3n) is 3.44. The van der Waals surface area contributed by atoms with Crippen LogP contribution in [0.1, 0.15) is 12.0 Å². The lowest BCUT2D eigenvalue weighted by Gasteiger charge is -2.14. The lowest BCUT2D eigenvalue weighted by atomic mass is 10.2. The van der Waals surface area contributed by atoms with E-state index in [1.807, 2.05) is 0 Å². The van der Waals surface area contributed by atoms with Gasteiger partial charge in [0.1, 0.15) is 10.6 Å². The van der Waals surface area contributed by atoms with E-state index < -0.39 is 31.9 Å². The molecule has 1 saturated heterocycles. The Hall–Kier alpha value is -1.91. The van der Waals surface area contributed by atoms with Gasteiger partial charge in [-0.2, -0.15) is 0 Å². The summed E-state index contributed by atoms with van der Waals surface area (Å²) in [6.07, 6.45) is 2.16. The Labute approximate surface area is 140 Å². The second-order valence-electron chi connectivity index (χ2n) is 5.28. The van der Waals surface area contributed by atoms with Gasteiger partial charge in [-0.25, -0.2) is 21.6 Å². The maximum absolute atomic E-state index is 12.5. The van der Waals surface area contributed by atoms with E-state index in [4.69, 9.17) is 4.74 Å². The predicted molar refractivity (Wildman–Crippen MR) is 84.4 cm³/mol. The first kappa shape index (κ1) is 18.4. The van der Waals surface area contributed by atoms with Crippen LogP contribution in [0.3, 0.4) is 0 Å². The minimum absolute atomic E-state index is 0.0638. The minimum atomic E-state index is -4.03. The van der Waals surface area contributed by atoms with Gasteiger partial charge >= 0.3 is 0 Å². The van der Waals surface area contributed by atoms with Gasteiger partial charge in [0, 0.05) is 6.04 Å². The topological polar surface area (TPSA) is 130 Å². The summed E-state index contributed by atoms with van der Waals surface area (Å²) in [6, 6.07) is 3.41. The zero-order valence-corrected chi connectivity index (χ0v) is 14.4. The molecule has 1 unspecified atom stereocenters. The number of carboxylic acids is 1. The molecule has 1 atom stereocenters. The highest BCUT2D eigenvalue weighted by Gasteiger charge is 2.32. The molecule has 132 valence electrons. The van der Waals surface area contributed by atoms with Crippen molar-refractivity contribution in [3.63, 3.8) is 0 Å². The molecule has 8 nitrogen and oxygen atoms in total. The zero-order valence-electron chi connectivity index (χ0n) is 12.8. The third-order valence-corrected chi connectivity index (χ3v) is 6.75. The molecule has 0 amide bonds. The molecule has 0 radical (unpaired) electrons. The number of aliphatic carboxylic acids is 1. The summed E-state index contributed by atoms with van der Waals surface area (Å²) in [5, 5.41) is 10.5. The Morgan fingerprint density at radius 1 is 1.42 bits per heavy atom. The van der Waals surface area contributed by atoms with Crippen LogP contribution >= 0.6 is 0 Å². The van der Waals surface area contributed by atoms with Crippen molar-refractivity contribution in [3.05, 3.63) is 29.8 Å². The Balaban J connectivity index is 2.33. The molecule has 1 N–H and O–H groups in total. The molecular weight excluding hydrogens is 358 g/mol. The maximum atomic E-state index is 12.5. The molecule has 1 heterocycles. The average molecular weight is 374 g/mol. The molecule has 2 rings (SSSR count). The molecule has 0 spiro atoms. The van der Waals surface area contributed by atoms with E-state index in [9.17, 15) is 26.7 Å². The fourth-order valence-corrected chi connectivity index (χ4v) is 5.60. The Morgan fingerprint density at radius 2 is 2.12 bits per heavy atom. The second-order valence-corrected chi connectivity index (χ2v) is 9.20. The standard InChI is InChI=1S/C14H17NO7S2/c1-22-12-4-2-10(3-5-14(16)17)8-13(12)24(20,21)15-11-6-7-23(18,19)9-11/h2-5,8,11,15H,6-7,9H2,1H3,(H,16,17)/p-1. The number of methoxy groups -OCH3 is 1. The summed E-state index contributed by atoms with van der Waals surface area (Å²) >= 11 is 0. The van der Waals surface area contributed by atoms with Gasteiger partial charge in [-0.15, -0.1) is 0 Å². The van der Waals surface area contributed by atoms with Crippen LogP contribution in [0.4, 0.5) is 0 Å². The first-order valence-electron chi connectivity index (χ1n) is 6.93. The van der Waals surface area contributed by atoms with E-state index in [1.54, 1.807) is 0 Å². The van der Waals surface area contributed by atoms with Crippen LogP contribution in [0.15, 0.2) is 29.2 Å². The predicted octanol–water partition coefficient (Wildman–Crippen LogP) is -1.08. The molecule has 1 fully saturated rings. The van der Waals surface area contributed by atoms with E-state index in [-0.39, 0.29) is 28.6 Å². The molecule has 10 heteroatoms. The number of hydrogen-bond donors (Lipinski definition) is 1. The van der Waals surface area contributed by atoms with Gasteiger partial charge in [0.05, 0.1) is 24.6 Å². The lowest BCUT2D eigenvalue weighted by molar-refractivity contribution is -0.297. The van der Waals surface area contributed by atoms with Crippen molar-refractivity contribution in [1.29, 1.82) is 0 Å². The van der Waals surface area contributed by atoms with Gasteiger partial charge in [0.2, 0.25) is 10.0 Å². The van der Waals surface area contributed by atoms with E-state index in [0.717, 1.165) is 6.08 Å². The Bertz CT molecular complexity index is 872. The van der Waals surface area contributed by atoms with E-state index in [0.29, 0.717) is 5.56 Å². The molecule has 1 aromatic rings. The van der Waals surface area contributed by atoms with Crippen molar-refractivity contribution in [3.8, 4) is 5.75 Å². The van der Waals surface area contributed by atoms with Crippen molar-refractivity contribution in [1.82, 2.24) is 4.72 Å². The van der Waals surface area contributed by atoms with Crippen LogP contribution in [0.5, 0.6) is 5.75 Å². The number of ether oxygens (including phenoxy) is 1. The van der Waals surface area contributed by atoms with Crippen LogP contribution in [-0.2, 0) is 24.7 Å². The number of nitrogens with one attached hydrogen (secondary N) is 1. The summed E-state index contributed by atoms with van der Waals surface area (Å²) in [6.45, 7) is 0. The molecule has 0 bridgehead atoms. The number of hydrogen-bond acceptors (Lipinski definition) is 7. The van der Waals surface area contributed by atoms with Crippen LogP contribution in [-0.4, -0.2) is 47.5 Å². The van der Waals surface area contributed by atoms with Crippen molar-refractivity contribution in [2.75, 3.05) is 18.6 Å². The fraction of sp³-hybridized carbons (Fsp3) is 0.357. The molecule has 0 aliphatic carbocycles. The smallest absolute Gasteiger partial charge is 0.244 e. The number of carbonyl (C=O) groups is 1. The van der Waals surface area contributed by atoms with E-state index in [1.165, 1.54) is 31.4 Å². The number of benzene rings is 1. The van der Waals surface area contributed by atoms with Crippen LogP contribution < -0.4 is 14.6 Å². The summed E-state index contributed by atoms with van der Waals surface area (Å²) in [5.74, 6) is -1.66. The summed E-state index contributed by atoms with van der Waals surface area (Å²) in [7, 11) is -5.97. The first-order valence-corrected chi connectivity index (χ1v) is 10.2. The quantitative estimate of drug-likeness (QED) is 0.627. The molecule has 1 aromatic carbocycles. The highest BCUT2D eigenvalue weighted by molar-refractivity contribution is 7.92. The Kier molecular flexibility index (Phi) is 5.31. The maximum Gasteiger partial charge on any atom is 0.244 e. The Morgan fingerprint density at radius 3 is 2.67 bits per heavy atom. The van der Waals surface area contributed by atoms with Gasteiger partial charge in [-0.1, -0.05) is 12.1 Å². The van der Waals surface area contributed by atoms with Gasteiger partial charge in [-0.3, -0.25) is 0 Å². The highest BCUT2D eigenvalue weighted by Crippen LogP contribution is 2.26. The third kappa shape index (κ3) is 4.56. The molecular formula is C14H16NO7S2-. The average Bonchev–Trinajstić information content (AvgIpc) is 2.83. The highest BCUT2D eigenvalue weighted by atomic mass is 32.2. The van der Waals surface area contributed by atoms with E-state index >= 15 is 0 Å². The van der Waals surface area contributed by atoms with Crippen LogP contribution in [0.25, 0.3) is 6.08 Å². The second kappa shape index (κ2) is 6.91. The number of sulfone groups is 1. The van der Waals surface area contributed by atoms with Gasteiger partial charge in [-0.05, 0) is 30.2 Å². The monoisotopic (exact) mass is 374 g/mol. The zero-order chi connectivity index (χ0) is 18.0. The van der Waals surface area contributed by atoms with Gasteiger partial charge in [0.15, 0.2) is 9.84 Å². The number of rotatable bonds is 6. The summed E-state index contributed by atoms with van der Waals surface area (Å²) < 4.78 is 55.4. The minimum Gasteiger partial charge on any atom is -0.545 e. The number of carboxylic acid groups (broad SMARTS) is 1. The molecule has 24 heavy (non-hydrogen) atoms. The first-order chi connectivity index (χ1) is 11.1. The molecule has 1 aliphatic rings.